The first-order valence-corrected chi connectivity index (χ1v) is 5.93. The van der Waals surface area contributed by atoms with E-state index in [-0.39, 0.29) is 11.9 Å². The molecule has 0 aromatic heterocycles. The first-order valence-electron chi connectivity index (χ1n) is 5.93. The quantitative estimate of drug-likeness (QED) is 0.695. The SMILES string of the molecule is O=C1NC2(CCOC2)C(=O)N1CC1CCC1. The van der Waals surface area contributed by atoms with E-state index in [2.05, 4.69) is 5.32 Å². The fourth-order valence-corrected chi connectivity index (χ4v) is 2.61. The minimum Gasteiger partial charge on any atom is -0.378 e. The van der Waals surface area contributed by atoms with Crippen molar-refractivity contribution in [1.82, 2.24) is 10.2 Å². The van der Waals surface area contributed by atoms with Crippen LogP contribution < -0.4 is 5.32 Å². The van der Waals surface area contributed by atoms with Gasteiger partial charge in [-0.25, -0.2) is 4.79 Å². The molecule has 0 aromatic rings. The molecule has 0 aromatic carbocycles. The lowest BCUT2D eigenvalue weighted by Crippen LogP contribution is -2.47. The lowest BCUT2D eigenvalue weighted by atomic mass is 9.85. The third-order valence-corrected chi connectivity index (χ3v) is 3.93. The van der Waals surface area contributed by atoms with Crippen LogP contribution in [-0.4, -0.2) is 42.1 Å². The zero-order valence-electron chi connectivity index (χ0n) is 9.20. The number of ether oxygens (including phenoxy) is 1. The van der Waals surface area contributed by atoms with Crippen LogP contribution in [-0.2, 0) is 9.53 Å². The Hall–Kier alpha value is -1.10. The van der Waals surface area contributed by atoms with Gasteiger partial charge in [0.05, 0.1) is 6.61 Å². The van der Waals surface area contributed by atoms with Gasteiger partial charge in [0.2, 0.25) is 0 Å². The summed E-state index contributed by atoms with van der Waals surface area (Å²) in [5.74, 6) is 0.439. The number of imide groups is 1. The summed E-state index contributed by atoms with van der Waals surface area (Å²) in [6.45, 7) is 1.48. The van der Waals surface area contributed by atoms with Crippen LogP contribution >= 0.6 is 0 Å². The largest absolute Gasteiger partial charge is 0.378 e. The number of hydrogen-bond donors (Lipinski definition) is 1. The Morgan fingerprint density at radius 3 is 2.81 bits per heavy atom. The second-order valence-corrected chi connectivity index (χ2v) is 5.03. The smallest absolute Gasteiger partial charge is 0.325 e. The molecule has 5 heteroatoms. The van der Waals surface area contributed by atoms with Gasteiger partial charge in [-0.3, -0.25) is 9.69 Å². The van der Waals surface area contributed by atoms with E-state index in [9.17, 15) is 9.59 Å². The van der Waals surface area contributed by atoms with Crippen LogP contribution in [0.15, 0.2) is 0 Å². The highest BCUT2D eigenvalue weighted by atomic mass is 16.5. The fourth-order valence-electron chi connectivity index (χ4n) is 2.61. The molecule has 1 N–H and O–H groups in total. The van der Waals surface area contributed by atoms with Gasteiger partial charge in [0.1, 0.15) is 5.54 Å². The minimum absolute atomic E-state index is 0.0816. The van der Waals surface area contributed by atoms with Crippen molar-refractivity contribution in [2.75, 3.05) is 19.8 Å². The molecule has 88 valence electrons. The molecule has 2 saturated heterocycles. The van der Waals surface area contributed by atoms with Gasteiger partial charge >= 0.3 is 6.03 Å². The molecular formula is C11H16N2O3. The molecule has 0 bridgehead atoms. The summed E-state index contributed by atoms with van der Waals surface area (Å²) in [4.78, 5) is 25.3. The lowest BCUT2D eigenvalue weighted by molar-refractivity contribution is -0.132. The molecule has 1 aliphatic carbocycles. The fraction of sp³-hybridized carbons (Fsp3) is 0.818. The summed E-state index contributed by atoms with van der Waals surface area (Å²) in [5, 5.41) is 2.80. The first kappa shape index (κ1) is 10.1. The van der Waals surface area contributed by atoms with E-state index in [1.54, 1.807) is 0 Å². The molecule has 2 heterocycles. The summed E-state index contributed by atoms with van der Waals surface area (Å²) in [5.41, 5.74) is -0.735. The van der Waals surface area contributed by atoms with Gasteiger partial charge < -0.3 is 10.1 Å². The van der Waals surface area contributed by atoms with Crippen molar-refractivity contribution >= 4 is 11.9 Å². The van der Waals surface area contributed by atoms with Crippen LogP contribution in [0, 0.1) is 5.92 Å². The van der Waals surface area contributed by atoms with Gasteiger partial charge in [-0.2, -0.15) is 0 Å². The Morgan fingerprint density at radius 2 is 2.25 bits per heavy atom. The highest BCUT2D eigenvalue weighted by molar-refractivity contribution is 6.07. The average molecular weight is 224 g/mol. The van der Waals surface area contributed by atoms with Gasteiger partial charge in [0.25, 0.3) is 5.91 Å². The van der Waals surface area contributed by atoms with E-state index >= 15 is 0 Å². The normalized spacial score (nSPS) is 34.6. The van der Waals surface area contributed by atoms with Crippen molar-refractivity contribution in [2.24, 2.45) is 5.92 Å². The topological polar surface area (TPSA) is 58.6 Å². The summed E-state index contributed by atoms with van der Waals surface area (Å²) in [7, 11) is 0. The number of urea groups is 1. The molecule has 3 amide bonds. The summed E-state index contributed by atoms with van der Waals surface area (Å²) < 4.78 is 5.23. The number of hydrogen-bond acceptors (Lipinski definition) is 3. The van der Waals surface area contributed by atoms with Gasteiger partial charge in [0.15, 0.2) is 0 Å². The maximum atomic E-state index is 12.2. The Bertz CT molecular complexity index is 332. The monoisotopic (exact) mass is 224 g/mol. The molecule has 2 aliphatic heterocycles. The average Bonchev–Trinajstić information content (AvgIpc) is 2.72. The van der Waals surface area contributed by atoms with Crippen molar-refractivity contribution in [3.8, 4) is 0 Å². The predicted molar refractivity (Wildman–Crippen MR) is 55.8 cm³/mol. The number of rotatable bonds is 2. The third-order valence-electron chi connectivity index (χ3n) is 3.93. The Labute approximate surface area is 94.1 Å². The summed E-state index contributed by atoms with van der Waals surface area (Å²) in [6.07, 6.45) is 4.11. The maximum absolute atomic E-state index is 12.2. The zero-order valence-corrected chi connectivity index (χ0v) is 9.20. The molecule has 3 aliphatic rings. The lowest BCUT2D eigenvalue weighted by Gasteiger charge is -2.28. The second kappa shape index (κ2) is 3.45. The molecular weight excluding hydrogens is 208 g/mol. The van der Waals surface area contributed by atoms with Crippen LogP contribution in [0.5, 0.6) is 0 Å². The van der Waals surface area contributed by atoms with Gasteiger partial charge in [-0.15, -0.1) is 0 Å². The van der Waals surface area contributed by atoms with Gasteiger partial charge in [-0.1, -0.05) is 6.42 Å². The summed E-state index contributed by atoms with van der Waals surface area (Å²) >= 11 is 0. The number of carbonyl (C=O) groups is 2. The second-order valence-electron chi connectivity index (χ2n) is 5.03. The molecule has 3 fully saturated rings. The minimum atomic E-state index is -0.735. The van der Waals surface area contributed by atoms with Crippen LogP contribution in [0.25, 0.3) is 0 Å². The predicted octanol–water partition coefficient (Wildman–Crippen LogP) is 0.497. The van der Waals surface area contributed by atoms with Crippen molar-refractivity contribution in [3.63, 3.8) is 0 Å². The van der Waals surface area contributed by atoms with Crippen molar-refractivity contribution < 1.29 is 14.3 Å². The third kappa shape index (κ3) is 1.34. The summed E-state index contributed by atoms with van der Waals surface area (Å²) in [6, 6.07) is -0.234. The molecule has 1 saturated carbocycles. The molecule has 16 heavy (non-hydrogen) atoms. The van der Waals surface area contributed by atoms with E-state index in [0.29, 0.717) is 32.1 Å². The number of nitrogens with one attached hydrogen (secondary N) is 1. The van der Waals surface area contributed by atoms with E-state index in [4.69, 9.17) is 4.74 Å². The Kier molecular flexibility index (Phi) is 2.17. The first-order chi connectivity index (χ1) is 7.71. The molecule has 1 unspecified atom stereocenters. The number of carbonyl (C=O) groups excluding carboxylic acids is 2. The molecule has 3 rings (SSSR count). The Balaban J connectivity index is 1.74. The van der Waals surface area contributed by atoms with Crippen LogP contribution in [0.2, 0.25) is 0 Å². The standard InChI is InChI=1S/C11H16N2O3/c14-9-11(4-5-16-7-11)12-10(15)13(9)6-8-2-1-3-8/h8H,1-7H2,(H,12,15). The maximum Gasteiger partial charge on any atom is 0.325 e. The van der Waals surface area contributed by atoms with E-state index in [1.165, 1.54) is 11.3 Å². The molecule has 0 radical (unpaired) electrons. The molecule has 1 spiro atoms. The molecule has 5 nitrogen and oxygen atoms in total. The van der Waals surface area contributed by atoms with E-state index in [0.717, 1.165) is 12.8 Å². The highest BCUT2D eigenvalue weighted by Gasteiger charge is 2.53. The van der Waals surface area contributed by atoms with Crippen molar-refractivity contribution in [3.05, 3.63) is 0 Å². The van der Waals surface area contributed by atoms with Crippen LogP contribution in [0.3, 0.4) is 0 Å². The molecule has 1 atom stereocenters. The zero-order chi connectivity index (χ0) is 11.2. The van der Waals surface area contributed by atoms with E-state index < -0.39 is 5.54 Å². The van der Waals surface area contributed by atoms with Gasteiger partial charge in [-0.05, 0) is 18.8 Å². The number of amides is 3. The van der Waals surface area contributed by atoms with Gasteiger partial charge in [0, 0.05) is 19.6 Å². The Morgan fingerprint density at radius 1 is 1.44 bits per heavy atom. The number of nitrogens with zero attached hydrogens (tertiary/aromatic N) is 1. The van der Waals surface area contributed by atoms with Crippen molar-refractivity contribution in [2.45, 2.75) is 31.2 Å². The highest BCUT2D eigenvalue weighted by Crippen LogP contribution is 2.31. The van der Waals surface area contributed by atoms with Crippen LogP contribution in [0.1, 0.15) is 25.7 Å². The van der Waals surface area contributed by atoms with Crippen LogP contribution in [0.4, 0.5) is 4.79 Å². The van der Waals surface area contributed by atoms with Crippen molar-refractivity contribution in [1.29, 1.82) is 0 Å². The van der Waals surface area contributed by atoms with E-state index in [1.807, 2.05) is 0 Å².